The van der Waals surface area contributed by atoms with Crippen molar-refractivity contribution in [3.63, 3.8) is 0 Å². The van der Waals surface area contributed by atoms with Crippen LogP contribution in [-0.4, -0.2) is 22.4 Å². The van der Waals surface area contributed by atoms with Gasteiger partial charge in [0.2, 0.25) is 13.0 Å². The first-order chi connectivity index (χ1) is 15.6. The molecule has 0 bridgehead atoms. The zero-order chi connectivity index (χ0) is 21.8. The van der Waals surface area contributed by atoms with Crippen molar-refractivity contribution >= 4 is 23.0 Å². The summed E-state index contributed by atoms with van der Waals surface area (Å²) in [6, 6.07) is 17.6. The number of nitro benzene ring substituents is 1. The lowest BCUT2D eigenvalue weighted by Crippen LogP contribution is -2.33. The quantitative estimate of drug-likeness (QED) is 0.402. The number of rotatable bonds is 3. The fraction of sp³-hybridized carbons (Fsp3) is 0.174. The monoisotopic (exact) mass is 449 g/mol. The summed E-state index contributed by atoms with van der Waals surface area (Å²) in [7, 11) is 0. The van der Waals surface area contributed by atoms with Crippen LogP contribution in [0.15, 0.2) is 65.8 Å². The molecule has 3 aromatic rings. The minimum absolute atomic E-state index is 0.0271. The smallest absolute Gasteiger partial charge is 0.269 e. The van der Waals surface area contributed by atoms with Gasteiger partial charge in [0, 0.05) is 40.3 Å². The van der Waals surface area contributed by atoms with Gasteiger partial charge in [-0.2, -0.15) is 5.10 Å². The molecule has 0 aliphatic carbocycles. The Kier molecular flexibility index (Phi) is 4.22. The van der Waals surface area contributed by atoms with Gasteiger partial charge in [0.1, 0.15) is 5.75 Å². The highest BCUT2D eigenvalue weighted by Gasteiger charge is 2.41. The molecule has 0 amide bonds. The largest absolute Gasteiger partial charge is 0.464 e. The highest BCUT2D eigenvalue weighted by atomic mass is 35.5. The second-order valence-corrected chi connectivity index (χ2v) is 8.15. The van der Waals surface area contributed by atoms with E-state index < -0.39 is 11.2 Å². The molecule has 32 heavy (non-hydrogen) atoms. The Morgan fingerprint density at radius 3 is 2.59 bits per heavy atom. The van der Waals surface area contributed by atoms with Crippen molar-refractivity contribution in [3.05, 3.63) is 92.5 Å². The first-order valence-corrected chi connectivity index (χ1v) is 10.4. The van der Waals surface area contributed by atoms with E-state index in [4.69, 9.17) is 30.9 Å². The summed E-state index contributed by atoms with van der Waals surface area (Å²) in [4.78, 5) is 10.6. The molecule has 3 aliphatic rings. The zero-order valence-corrected chi connectivity index (χ0v) is 17.4. The summed E-state index contributed by atoms with van der Waals surface area (Å²) in [6.07, 6.45) is 0.126. The summed E-state index contributed by atoms with van der Waals surface area (Å²) >= 11 is 6.28. The molecule has 0 aromatic heterocycles. The minimum Gasteiger partial charge on any atom is -0.464 e. The average Bonchev–Trinajstić information content (AvgIpc) is 3.45. The maximum atomic E-state index is 11.1. The second-order valence-electron chi connectivity index (χ2n) is 7.72. The van der Waals surface area contributed by atoms with Gasteiger partial charge in [-0.15, -0.1) is 0 Å². The zero-order valence-electron chi connectivity index (χ0n) is 16.6. The Bertz CT molecular complexity index is 1280. The van der Waals surface area contributed by atoms with Gasteiger partial charge in [-0.05, 0) is 48.5 Å². The van der Waals surface area contributed by atoms with E-state index in [9.17, 15) is 10.1 Å². The van der Waals surface area contributed by atoms with E-state index >= 15 is 0 Å². The average molecular weight is 450 g/mol. The van der Waals surface area contributed by atoms with Crippen molar-refractivity contribution in [3.8, 4) is 17.2 Å². The SMILES string of the molecule is O=[N+]([O-])c1ccc([C@H]2Oc3ccc(Cl)cc3[C@@H]3CC(c4ccc5c(c4)OCO5)=NN23)cc1. The van der Waals surface area contributed by atoms with E-state index in [0.29, 0.717) is 22.9 Å². The van der Waals surface area contributed by atoms with Crippen LogP contribution in [-0.2, 0) is 0 Å². The van der Waals surface area contributed by atoms with Gasteiger partial charge in [0.15, 0.2) is 11.5 Å². The van der Waals surface area contributed by atoms with E-state index in [1.807, 2.05) is 35.3 Å². The Morgan fingerprint density at radius 1 is 1.00 bits per heavy atom. The summed E-state index contributed by atoms with van der Waals surface area (Å²) in [5.41, 5.74) is 3.58. The molecular formula is C23H16ClN3O5. The molecule has 3 aliphatic heterocycles. The first kappa shape index (κ1) is 18.9. The number of nitro groups is 1. The summed E-state index contributed by atoms with van der Waals surface area (Å²) in [6.45, 7) is 0.210. The molecule has 0 radical (unpaired) electrons. The van der Waals surface area contributed by atoms with Crippen LogP contribution >= 0.6 is 11.6 Å². The van der Waals surface area contributed by atoms with Crippen LogP contribution in [0.5, 0.6) is 17.2 Å². The van der Waals surface area contributed by atoms with E-state index in [-0.39, 0.29) is 18.5 Å². The van der Waals surface area contributed by atoms with Crippen LogP contribution in [0.3, 0.4) is 0 Å². The molecule has 0 unspecified atom stereocenters. The summed E-state index contributed by atoms with van der Waals surface area (Å²) < 4.78 is 17.2. The van der Waals surface area contributed by atoms with Gasteiger partial charge < -0.3 is 14.2 Å². The summed E-state index contributed by atoms with van der Waals surface area (Å²) in [5.74, 6) is 2.14. The predicted molar refractivity (Wildman–Crippen MR) is 116 cm³/mol. The lowest BCUT2D eigenvalue weighted by molar-refractivity contribution is -0.384. The van der Waals surface area contributed by atoms with Crippen molar-refractivity contribution in [2.45, 2.75) is 18.7 Å². The van der Waals surface area contributed by atoms with Gasteiger partial charge in [-0.1, -0.05) is 11.6 Å². The third kappa shape index (κ3) is 3.03. The third-order valence-electron chi connectivity index (χ3n) is 5.85. The number of fused-ring (bicyclic) bond motifs is 4. The molecule has 6 rings (SSSR count). The molecule has 3 aromatic carbocycles. The second kappa shape index (κ2) is 7.13. The number of non-ortho nitro benzene ring substituents is 1. The number of hydrazone groups is 1. The molecule has 0 N–H and O–H groups in total. The lowest BCUT2D eigenvalue weighted by atomic mass is 9.95. The Morgan fingerprint density at radius 2 is 1.78 bits per heavy atom. The van der Waals surface area contributed by atoms with E-state index in [1.165, 1.54) is 12.1 Å². The van der Waals surface area contributed by atoms with E-state index in [2.05, 4.69) is 0 Å². The molecule has 8 nitrogen and oxygen atoms in total. The molecule has 0 fully saturated rings. The van der Waals surface area contributed by atoms with Crippen molar-refractivity contribution in [1.29, 1.82) is 0 Å². The molecule has 9 heteroatoms. The van der Waals surface area contributed by atoms with Gasteiger partial charge in [0.25, 0.3) is 5.69 Å². The van der Waals surface area contributed by atoms with E-state index in [1.54, 1.807) is 18.2 Å². The maximum Gasteiger partial charge on any atom is 0.269 e. The fourth-order valence-corrected chi connectivity index (χ4v) is 4.47. The highest BCUT2D eigenvalue weighted by Crippen LogP contribution is 2.48. The Hall–Kier alpha value is -3.78. The van der Waals surface area contributed by atoms with Gasteiger partial charge >= 0.3 is 0 Å². The van der Waals surface area contributed by atoms with Crippen LogP contribution < -0.4 is 14.2 Å². The fourth-order valence-electron chi connectivity index (χ4n) is 4.29. The standard InChI is InChI=1S/C23H16ClN3O5/c24-15-4-8-20-17(10-15)19-11-18(14-3-7-21-22(9-14)31-12-30-21)25-26(19)23(32-20)13-1-5-16(6-2-13)27(28)29/h1-10,19,23H,11-12H2/t19-,23+/m0/s1. The first-order valence-electron chi connectivity index (χ1n) is 10.0. The van der Waals surface area contributed by atoms with Gasteiger partial charge in [-0.3, -0.25) is 10.1 Å². The van der Waals surface area contributed by atoms with Crippen LogP contribution in [0.25, 0.3) is 0 Å². The molecule has 0 saturated heterocycles. The van der Waals surface area contributed by atoms with Crippen molar-refractivity contribution in [2.75, 3.05) is 6.79 Å². The van der Waals surface area contributed by atoms with Gasteiger partial charge in [0.05, 0.1) is 16.7 Å². The Labute approximate surface area is 187 Å². The molecule has 3 heterocycles. The Balaban J connectivity index is 1.42. The maximum absolute atomic E-state index is 11.1. The normalized spacial score (nSPS) is 20.3. The number of ether oxygens (including phenoxy) is 3. The van der Waals surface area contributed by atoms with E-state index in [0.717, 1.165) is 28.2 Å². The predicted octanol–water partition coefficient (Wildman–Crippen LogP) is 5.22. The topological polar surface area (TPSA) is 86.4 Å². The number of halogens is 1. The van der Waals surface area contributed by atoms with Crippen molar-refractivity contribution < 1.29 is 19.1 Å². The molecule has 0 spiro atoms. The van der Waals surface area contributed by atoms with Gasteiger partial charge in [-0.25, -0.2) is 5.01 Å². The minimum atomic E-state index is -0.527. The molecule has 160 valence electrons. The van der Waals surface area contributed by atoms with Crippen LogP contribution in [0.1, 0.15) is 35.4 Å². The number of hydrogen-bond acceptors (Lipinski definition) is 7. The number of nitrogens with zero attached hydrogens (tertiary/aromatic N) is 3. The lowest BCUT2D eigenvalue weighted by Gasteiger charge is -2.38. The van der Waals surface area contributed by atoms with Crippen LogP contribution in [0.4, 0.5) is 5.69 Å². The molecule has 2 atom stereocenters. The molecule has 0 saturated carbocycles. The third-order valence-corrected chi connectivity index (χ3v) is 6.08. The van der Waals surface area contributed by atoms with Crippen LogP contribution in [0, 0.1) is 10.1 Å². The van der Waals surface area contributed by atoms with Crippen molar-refractivity contribution in [2.24, 2.45) is 5.10 Å². The highest BCUT2D eigenvalue weighted by molar-refractivity contribution is 6.30. The molecular weight excluding hydrogens is 434 g/mol. The van der Waals surface area contributed by atoms with Crippen molar-refractivity contribution in [1.82, 2.24) is 5.01 Å². The number of hydrogen-bond donors (Lipinski definition) is 0. The summed E-state index contributed by atoms with van der Waals surface area (Å²) in [5, 5.41) is 18.5. The number of benzene rings is 3. The van der Waals surface area contributed by atoms with Crippen LogP contribution in [0.2, 0.25) is 5.02 Å².